The van der Waals surface area contributed by atoms with Crippen LogP contribution in [0.1, 0.15) is 10.6 Å². The zero-order valence-electron chi connectivity index (χ0n) is 9.35. The highest BCUT2D eigenvalue weighted by Crippen LogP contribution is 2.20. The number of primary amides is 1. The number of anilines is 1. The minimum atomic E-state index is -0.844. The molecule has 0 saturated heterocycles. The van der Waals surface area contributed by atoms with Crippen LogP contribution >= 0.6 is 0 Å². The summed E-state index contributed by atoms with van der Waals surface area (Å²) in [5, 5.41) is 2.70. The van der Waals surface area contributed by atoms with E-state index >= 15 is 0 Å². The molecule has 0 aliphatic rings. The largest absolute Gasteiger partial charge is 0.503 e. The molecular weight excluding hydrogens is 228 g/mol. The summed E-state index contributed by atoms with van der Waals surface area (Å²) in [6.45, 7) is 0. The van der Waals surface area contributed by atoms with Crippen LogP contribution in [0.5, 0.6) is 5.75 Å². The van der Waals surface area contributed by atoms with Crippen molar-refractivity contribution < 1.29 is 18.7 Å². The van der Waals surface area contributed by atoms with Crippen molar-refractivity contribution >= 4 is 11.6 Å². The van der Waals surface area contributed by atoms with Gasteiger partial charge in [-0.05, 0) is 0 Å². The molecule has 0 aliphatic carbocycles. The van der Waals surface area contributed by atoms with Crippen molar-refractivity contribution in [3.05, 3.63) is 34.7 Å². The molecule has 1 rings (SSSR count). The van der Waals surface area contributed by atoms with E-state index in [9.17, 15) is 9.59 Å². The van der Waals surface area contributed by atoms with Crippen LogP contribution in [0.4, 0.5) is 5.69 Å². The summed E-state index contributed by atoms with van der Waals surface area (Å²) < 4.78 is 14.2. The fourth-order valence-corrected chi connectivity index (χ4v) is 1.10. The van der Waals surface area contributed by atoms with Crippen LogP contribution in [0.15, 0.2) is 27.7 Å². The quantitative estimate of drug-likeness (QED) is 0.716. The number of carbonyl (C=O) groups excluding carboxylic acids is 1. The highest BCUT2D eigenvalue weighted by Gasteiger charge is 2.14. The Hall–Kier alpha value is -2.44. The lowest BCUT2D eigenvalue weighted by Gasteiger charge is -2.07. The molecule has 0 atom stereocenters. The smallest absolute Gasteiger partial charge is 0.381 e. The Morgan fingerprint density at radius 3 is 2.76 bits per heavy atom. The average Bonchev–Trinajstić information content (AvgIpc) is 2.28. The Balaban J connectivity index is 3.19. The van der Waals surface area contributed by atoms with Crippen molar-refractivity contribution in [3.8, 4) is 5.75 Å². The minimum Gasteiger partial charge on any atom is -0.503 e. The molecule has 0 radical (unpaired) electrons. The van der Waals surface area contributed by atoms with Gasteiger partial charge < -0.3 is 24.9 Å². The lowest BCUT2D eigenvalue weighted by molar-refractivity contribution is 0.0969. The van der Waals surface area contributed by atoms with E-state index < -0.39 is 11.5 Å². The SMILES string of the molecule is CO/C=C/Nc1cc(C(N)=O)oc(=O)c1OC. The third-order valence-electron chi connectivity index (χ3n) is 1.80. The molecule has 7 heteroatoms. The van der Waals surface area contributed by atoms with Crippen LogP contribution < -0.4 is 21.4 Å². The van der Waals surface area contributed by atoms with E-state index in [0.717, 1.165) is 0 Å². The molecule has 3 N–H and O–H groups in total. The number of nitrogens with one attached hydrogen (secondary N) is 1. The summed E-state index contributed by atoms with van der Waals surface area (Å²) in [7, 11) is 2.77. The monoisotopic (exact) mass is 240 g/mol. The first-order chi connectivity index (χ1) is 8.10. The van der Waals surface area contributed by atoms with Crippen molar-refractivity contribution in [1.29, 1.82) is 0 Å². The zero-order valence-corrected chi connectivity index (χ0v) is 9.35. The molecule has 0 bridgehead atoms. The Labute approximate surface area is 96.8 Å². The van der Waals surface area contributed by atoms with Gasteiger partial charge in [0.05, 0.1) is 26.2 Å². The van der Waals surface area contributed by atoms with E-state index in [2.05, 4.69) is 14.5 Å². The standard InChI is InChI=1S/C10H12N2O5/c1-15-4-3-12-6-5-7(9(11)13)17-10(14)8(6)16-2/h3-5,12H,1-2H3,(H2,11,13)/b4-3+. The Morgan fingerprint density at radius 2 is 2.24 bits per heavy atom. The predicted octanol–water partition coefficient (Wildman–Crippen LogP) is 0.277. The highest BCUT2D eigenvalue weighted by atomic mass is 16.5. The topological polar surface area (TPSA) is 104 Å². The first-order valence-electron chi connectivity index (χ1n) is 4.56. The Kier molecular flexibility index (Phi) is 4.15. The van der Waals surface area contributed by atoms with E-state index in [-0.39, 0.29) is 17.2 Å². The van der Waals surface area contributed by atoms with Crippen molar-refractivity contribution in [2.45, 2.75) is 0 Å². The first kappa shape index (κ1) is 12.6. The molecule has 0 unspecified atom stereocenters. The summed E-state index contributed by atoms with van der Waals surface area (Å²) in [4.78, 5) is 22.3. The minimum absolute atomic E-state index is 0.0595. The van der Waals surface area contributed by atoms with E-state index in [1.807, 2.05) is 0 Å². The summed E-state index contributed by atoms with van der Waals surface area (Å²) in [6, 6.07) is 1.27. The van der Waals surface area contributed by atoms with Crippen molar-refractivity contribution in [2.24, 2.45) is 5.73 Å². The van der Waals surface area contributed by atoms with Gasteiger partial charge in [-0.15, -0.1) is 0 Å². The molecule has 0 saturated carbocycles. The first-order valence-corrected chi connectivity index (χ1v) is 4.56. The summed E-state index contributed by atoms with van der Waals surface area (Å²) in [5.74, 6) is -1.16. The summed E-state index contributed by atoms with van der Waals surface area (Å²) in [6.07, 6.45) is 2.76. The van der Waals surface area contributed by atoms with Crippen LogP contribution in [0.2, 0.25) is 0 Å². The number of carbonyl (C=O) groups is 1. The van der Waals surface area contributed by atoms with Gasteiger partial charge in [-0.3, -0.25) is 4.79 Å². The number of hydrogen-bond acceptors (Lipinski definition) is 6. The number of nitrogens with two attached hydrogens (primary N) is 1. The highest BCUT2D eigenvalue weighted by molar-refractivity contribution is 5.91. The van der Waals surface area contributed by atoms with Crippen LogP contribution in [-0.2, 0) is 4.74 Å². The molecule has 7 nitrogen and oxygen atoms in total. The van der Waals surface area contributed by atoms with Gasteiger partial charge in [0.1, 0.15) is 0 Å². The zero-order chi connectivity index (χ0) is 12.8. The van der Waals surface area contributed by atoms with Crippen molar-refractivity contribution in [3.63, 3.8) is 0 Å². The second-order valence-corrected chi connectivity index (χ2v) is 2.89. The fourth-order valence-electron chi connectivity index (χ4n) is 1.10. The van der Waals surface area contributed by atoms with E-state index in [1.54, 1.807) is 0 Å². The molecule has 1 amide bonds. The van der Waals surface area contributed by atoms with Gasteiger partial charge in [-0.25, -0.2) is 4.79 Å². The van der Waals surface area contributed by atoms with Gasteiger partial charge in [0.25, 0.3) is 5.91 Å². The van der Waals surface area contributed by atoms with Crippen LogP contribution in [0, 0.1) is 0 Å². The van der Waals surface area contributed by atoms with Gasteiger partial charge in [0.2, 0.25) is 5.75 Å². The number of rotatable bonds is 5. The molecular formula is C10H12N2O5. The molecule has 0 aliphatic heterocycles. The van der Waals surface area contributed by atoms with E-state index in [1.165, 1.54) is 32.7 Å². The number of ether oxygens (including phenoxy) is 2. The molecule has 1 heterocycles. The molecule has 0 spiro atoms. The lowest BCUT2D eigenvalue weighted by atomic mass is 10.3. The second-order valence-electron chi connectivity index (χ2n) is 2.89. The molecule has 17 heavy (non-hydrogen) atoms. The van der Waals surface area contributed by atoms with Gasteiger partial charge >= 0.3 is 5.63 Å². The van der Waals surface area contributed by atoms with Crippen molar-refractivity contribution in [2.75, 3.05) is 19.5 Å². The maximum atomic E-state index is 11.4. The number of methoxy groups -OCH3 is 2. The summed E-state index contributed by atoms with van der Waals surface area (Å²) in [5.41, 5.74) is 4.48. The van der Waals surface area contributed by atoms with E-state index in [4.69, 9.17) is 10.5 Å². The maximum absolute atomic E-state index is 11.4. The van der Waals surface area contributed by atoms with Crippen LogP contribution in [0.25, 0.3) is 0 Å². The second kappa shape index (κ2) is 5.59. The predicted molar refractivity (Wildman–Crippen MR) is 59.8 cm³/mol. The van der Waals surface area contributed by atoms with Gasteiger partial charge in [0, 0.05) is 12.3 Å². The Bertz CT molecular complexity index is 492. The number of amides is 1. The van der Waals surface area contributed by atoms with Gasteiger partial charge in [0.15, 0.2) is 5.76 Å². The van der Waals surface area contributed by atoms with E-state index in [0.29, 0.717) is 0 Å². The van der Waals surface area contributed by atoms with Crippen LogP contribution in [-0.4, -0.2) is 20.1 Å². The van der Waals surface area contributed by atoms with Gasteiger partial charge in [-0.1, -0.05) is 0 Å². The third-order valence-corrected chi connectivity index (χ3v) is 1.80. The third kappa shape index (κ3) is 3.00. The van der Waals surface area contributed by atoms with Crippen molar-refractivity contribution in [1.82, 2.24) is 0 Å². The molecule has 1 aromatic rings. The number of hydrogen-bond donors (Lipinski definition) is 2. The lowest BCUT2D eigenvalue weighted by Crippen LogP contribution is -2.16. The Morgan fingerprint density at radius 1 is 1.53 bits per heavy atom. The molecule has 92 valence electrons. The normalized spacial score (nSPS) is 10.2. The molecule has 0 fully saturated rings. The average molecular weight is 240 g/mol. The molecule has 1 aromatic heterocycles. The van der Waals surface area contributed by atoms with Crippen LogP contribution in [0.3, 0.4) is 0 Å². The fraction of sp³-hybridized carbons (Fsp3) is 0.200. The molecule has 0 aromatic carbocycles. The maximum Gasteiger partial charge on any atom is 0.381 e. The summed E-state index contributed by atoms with van der Waals surface area (Å²) >= 11 is 0. The van der Waals surface area contributed by atoms with Gasteiger partial charge in [-0.2, -0.15) is 0 Å².